The van der Waals surface area contributed by atoms with Gasteiger partial charge in [-0.3, -0.25) is 9.36 Å². The normalized spacial score (nSPS) is 17.1. The first-order valence-electron chi connectivity index (χ1n) is 8.71. The molecule has 0 N–H and O–H groups in total. The predicted molar refractivity (Wildman–Crippen MR) is 95.3 cm³/mol. The molecule has 1 aliphatic rings. The van der Waals surface area contributed by atoms with Crippen LogP contribution in [0.1, 0.15) is 12.0 Å². The zero-order chi connectivity index (χ0) is 18.1. The second-order valence-corrected chi connectivity index (χ2v) is 6.75. The maximum absolute atomic E-state index is 13.0. The molecule has 0 saturated carbocycles. The monoisotopic (exact) mass is 354 g/mol. The molecule has 1 atom stereocenters. The van der Waals surface area contributed by atoms with Gasteiger partial charge in [-0.2, -0.15) is 0 Å². The molecular weight excluding hydrogens is 335 g/mol. The number of hydrogen-bond acceptors (Lipinski definition) is 3. The van der Waals surface area contributed by atoms with E-state index in [1.54, 1.807) is 35.2 Å². The number of aromatic nitrogens is 1. The highest BCUT2D eigenvalue weighted by molar-refractivity contribution is 5.79. The summed E-state index contributed by atoms with van der Waals surface area (Å²) in [4.78, 5) is 26.4. The molecule has 1 aliphatic heterocycles. The van der Waals surface area contributed by atoms with Gasteiger partial charge in [-0.15, -0.1) is 0 Å². The molecular formula is C20H19FN2O3. The summed E-state index contributed by atoms with van der Waals surface area (Å²) in [6.45, 7) is 1.31. The van der Waals surface area contributed by atoms with Gasteiger partial charge in [0.1, 0.15) is 12.4 Å². The van der Waals surface area contributed by atoms with E-state index >= 15 is 0 Å². The topological polar surface area (TPSA) is 55.5 Å². The highest BCUT2D eigenvalue weighted by Crippen LogP contribution is 2.22. The fourth-order valence-corrected chi connectivity index (χ4v) is 3.58. The summed E-state index contributed by atoms with van der Waals surface area (Å²) >= 11 is 0. The van der Waals surface area contributed by atoms with Gasteiger partial charge >= 0.3 is 5.76 Å². The summed E-state index contributed by atoms with van der Waals surface area (Å²) in [6.07, 6.45) is 1.72. The minimum absolute atomic E-state index is 0.0148. The highest BCUT2D eigenvalue weighted by Gasteiger charge is 2.27. The van der Waals surface area contributed by atoms with Gasteiger partial charge in [0, 0.05) is 13.1 Å². The van der Waals surface area contributed by atoms with E-state index in [4.69, 9.17) is 4.42 Å². The Kier molecular flexibility index (Phi) is 4.32. The number of fused-ring (bicyclic) bond motifs is 1. The molecule has 2 aromatic carbocycles. The maximum atomic E-state index is 13.0. The maximum Gasteiger partial charge on any atom is 0.420 e. The smallest absolute Gasteiger partial charge is 0.408 e. The number of benzene rings is 2. The fraction of sp³-hybridized carbons (Fsp3) is 0.300. The first-order valence-corrected chi connectivity index (χ1v) is 8.71. The van der Waals surface area contributed by atoms with Crippen LogP contribution in [0.4, 0.5) is 4.39 Å². The molecule has 1 fully saturated rings. The molecule has 1 amide bonds. The first kappa shape index (κ1) is 16.6. The molecule has 134 valence electrons. The lowest BCUT2D eigenvalue weighted by molar-refractivity contribution is -0.130. The van der Waals surface area contributed by atoms with Crippen LogP contribution in [0.25, 0.3) is 11.1 Å². The van der Waals surface area contributed by atoms with Crippen molar-refractivity contribution >= 4 is 17.0 Å². The molecule has 1 saturated heterocycles. The standard InChI is InChI=1S/C20H19FN2O3/c21-16-7-5-14(6-8-16)11-15-9-10-22(12-15)19(24)13-23-17-3-1-2-4-18(17)26-20(23)25/h1-8,15H,9-13H2. The molecule has 6 heteroatoms. The Morgan fingerprint density at radius 1 is 1.15 bits per heavy atom. The number of nitrogens with zero attached hydrogens (tertiary/aromatic N) is 2. The summed E-state index contributed by atoms with van der Waals surface area (Å²) in [5, 5.41) is 0. The predicted octanol–water partition coefficient (Wildman–Crippen LogP) is 2.82. The molecule has 26 heavy (non-hydrogen) atoms. The Balaban J connectivity index is 1.42. The van der Waals surface area contributed by atoms with E-state index in [1.165, 1.54) is 16.7 Å². The van der Waals surface area contributed by atoms with Crippen LogP contribution in [-0.2, 0) is 17.8 Å². The second kappa shape index (κ2) is 6.78. The number of oxazole rings is 1. The third kappa shape index (κ3) is 3.27. The van der Waals surface area contributed by atoms with Gasteiger partial charge in [0.2, 0.25) is 5.91 Å². The Morgan fingerprint density at radius 3 is 2.73 bits per heavy atom. The number of hydrogen-bond donors (Lipinski definition) is 0. The van der Waals surface area contributed by atoms with Crippen molar-refractivity contribution in [3.63, 3.8) is 0 Å². The van der Waals surface area contributed by atoms with Crippen molar-refractivity contribution in [1.82, 2.24) is 9.47 Å². The number of carbonyl (C=O) groups is 1. The number of likely N-dealkylation sites (tertiary alicyclic amines) is 1. The summed E-state index contributed by atoms with van der Waals surface area (Å²) < 4.78 is 19.6. The average molecular weight is 354 g/mol. The summed E-state index contributed by atoms with van der Waals surface area (Å²) in [5.41, 5.74) is 2.19. The largest absolute Gasteiger partial charge is 0.420 e. The zero-order valence-corrected chi connectivity index (χ0v) is 14.2. The van der Waals surface area contributed by atoms with Gasteiger partial charge in [-0.1, -0.05) is 24.3 Å². The van der Waals surface area contributed by atoms with Crippen molar-refractivity contribution in [2.24, 2.45) is 5.92 Å². The number of rotatable bonds is 4. The molecule has 5 nitrogen and oxygen atoms in total. The van der Waals surface area contributed by atoms with Crippen molar-refractivity contribution < 1.29 is 13.6 Å². The van der Waals surface area contributed by atoms with Crippen LogP contribution in [0, 0.1) is 11.7 Å². The molecule has 0 radical (unpaired) electrons. The molecule has 0 bridgehead atoms. The summed E-state index contributed by atoms with van der Waals surface area (Å²) in [5.74, 6) is -0.487. The Morgan fingerprint density at radius 2 is 1.92 bits per heavy atom. The molecule has 4 rings (SSSR count). The van der Waals surface area contributed by atoms with Gasteiger partial charge in [0.05, 0.1) is 5.52 Å². The minimum atomic E-state index is -0.512. The van der Waals surface area contributed by atoms with Gasteiger partial charge in [0.25, 0.3) is 0 Å². The number of amides is 1. The third-order valence-electron chi connectivity index (χ3n) is 4.94. The van der Waals surface area contributed by atoms with Crippen molar-refractivity contribution in [2.75, 3.05) is 13.1 Å². The van der Waals surface area contributed by atoms with Crippen LogP contribution in [0.3, 0.4) is 0 Å². The van der Waals surface area contributed by atoms with E-state index in [1.807, 2.05) is 6.07 Å². The van der Waals surface area contributed by atoms with Crippen LogP contribution in [0.2, 0.25) is 0 Å². The van der Waals surface area contributed by atoms with Crippen molar-refractivity contribution in [3.8, 4) is 0 Å². The lowest BCUT2D eigenvalue weighted by atomic mass is 9.99. The lowest BCUT2D eigenvalue weighted by Gasteiger charge is -2.17. The van der Waals surface area contributed by atoms with Crippen molar-refractivity contribution in [1.29, 1.82) is 0 Å². The highest BCUT2D eigenvalue weighted by atomic mass is 19.1. The molecule has 2 heterocycles. The zero-order valence-electron chi connectivity index (χ0n) is 14.2. The van der Waals surface area contributed by atoms with E-state index in [0.29, 0.717) is 30.1 Å². The molecule has 0 aliphatic carbocycles. The fourth-order valence-electron chi connectivity index (χ4n) is 3.58. The van der Waals surface area contributed by atoms with Crippen LogP contribution in [0.15, 0.2) is 57.7 Å². The minimum Gasteiger partial charge on any atom is -0.408 e. The Labute approximate surface area is 149 Å². The van der Waals surface area contributed by atoms with E-state index < -0.39 is 5.76 Å². The van der Waals surface area contributed by atoms with Gasteiger partial charge in [0.15, 0.2) is 5.58 Å². The van der Waals surface area contributed by atoms with Gasteiger partial charge in [-0.05, 0) is 48.6 Å². The van der Waals surface area contributed by atoms with Crippen LogP contribution >= 0.6 is 0 Å². The second-order valence-electron chi connectivity index (χ2n) is 6.75. The Bertz CT molecular complexity index is 990. The molecule has 1 aromatic heterocycles. The molecule has 1 unspecified atom stereocenters. The lowest BCUT2D eigenvalue weighted by Crippen LogP contribution is -2.34. The van der Waals surface area contributed by atoms with Crippen molar-refractivity contribution in [2.45, 2.75) is 19.4 Å². The van der Waals surface area contributed by atoms with Crippen molar-refractivity contribution in [3.05, 3.63) is 70.5 Å². The number of para-hydroxylation sites is 2. The summed E-state index contributed by atoms with van der Waals surface area (Å²) in [6, 6.07) is 13.6. The van der Waals surface area contributed by atoms with Crippen LogP contribution < -0.4 is 5.76 Å². The Hall–Kier alpha value is -2.89. The third-order valence-corrected chi connectivity index (χ3v) is 4.94. The van der Waals surface area contributed by atoms with E-state index in [9.17, 15) is 14.0 Å². The van der Waals surface area contributed by atoms with E-state index in [2.05, 4.69) is 0 Å². The van der Waals surface area contributed by atoms with E-state index in [0.717, 1.165) is 18.4 Å². The average Bonchev–Trinajstić information content (AvgIpc) is 3.22. The summed E-state index contributed by atoms with van der Waals surface area (Å²) in [7, 11) is 0. The molecule has 3 aromatic rings. The van der Waals surface area contributed by atoms with Crippen LogP contribution in [-0.4, -0.2) is 28.5 Å². The van der Waals surface area contributed by atoms with Gasteiger partial charge < -0.3 is 9.32 Å². The van der Waals surface area contributed by atoms with E-state index in [-0.39, 0.29) is 18.3 Å². The number of halogens is 1. The quantitative estimate of drug-likeness (QED) is 0.724. The van der Waals surface area contributed by atoms with Crippen LogP contribution in [0.5, 0.6) is 0 Å². The SMILES string of the molecule is O=C(Cn1c(=O)oc2ccccc21)N1CCC(Cc2ccc(F)cc2)C1. The first-order chi connectivity index (χ1) is 12.6. The van der Waals surface area contributed by atoms with Gasteiger partial charge in [-0.25, -0.2) is 9.18 Å². The molecule has 0 spiro atoms. The number of carbonyl (C=O) groups excluding carboxylic acids is 1.